The van der Waals surface area contributed by atoms with Crippen molar-refractivity contribution in [3.8, 4) is 0 Å². The molecule has 0 unspecified atom stereocenters. The number of carbonyl (C=O) groups is 1. The monoisotopic (exact) mass is 256 g/mol. The summed E-state index contributed by atoms with van der Waals surface area (Å²) in [5, 5.41) is 0. The van der Waals surface area contributed by atoms with Crippen molar-refractivity contribution in [2.24, 2.45) is 11.8 Å². The van der Waals surface area contributed by atoms with E-state index in [4.69, 9.17) is 0 Å². The van der Waals surface area contributed by atoms with Gasteiger partial charge in [-0.2, -0.15) is 0 Å². The van der Waals surface area contributed by atoms with Crippen LogP contribution in [0.5, 0.6) is 0 Å². The molecule has 102 valence electrons. The standard InChI is InChI=1S/C18H24O/c19-18(11-10-14-6-2-1-3-7-14)17-12-15-8-4-5-9-16(15)13-17/h4-5,8-9,14,17H,1-3,6-7,10-13H2. The van der Waals surface area contributed by atoms with Gasteiger partial charge in [0.05, 0.1) is 0 Å². The SMILES string of the molecule is O=C(CCC1CCCCC1)C1Cc2ccccc2C1. The van der Waals surface area contributed by atoms with E-state index >= 15 is 0 Å². The molecule has 1 heteroatoms. The first-order chi connectivity index (χ1) is 9.33. The molecular formula is C18H24O. The van der Waals surface area contributed by atoms with Crippen molar-refractivity contribution in [1.82, 2.24) is 0 Å². The zero-order chi connectivity index (χ0) is 13.1. The van der Waals surface area contributed by atoms with Crippen LogP contribution in [0.15, 0.2) is 24.3 Å². The molecule has 1 fully saturated rings. The van der Waals surface area contributed by atoms with Gasteiger partial charge in [-0.25, -0.2) is 0 Å². The molecule has 0 saturated heterocycles. The van der Waals surface area contributed by atoms with E-state index in [1.54, 1.807) is 0 Å². The fraction of sp³-hybridized carbons (Fsp3) is 0.611. The van der Waals surface area contributed by atoms with Crippen LogP contribution in [-0.4, -0.2) is 5.78 Å². The quantitative estimate of drug-likeness (QED) is 0.783. The van der Waals surface area contributed by atoms with Crippen molar-refractivity contribution >= 4 is 5.78 Å². The fourth-order valence-corrected chi connectivity index (χ4v) is 3.81. The van der Waals surface area contributed by atoms with Gasteiger partial charge in [0.2, 0.25) is 0 Å². The van der Waals surface area contributed by atoms with E-state index in [0.717, 1.165) is 31.6 Å². The lowest BCUT2D eigenvalue weighted by molar-refractivity contribution is -0.122. The van der Waals surface area contributed by atoms with Crippen molar-refractivity contribution in [1.29, 1.82) is 0 Å². The Balaban J connectivity index is 1.49. The van der Waals surface area contributed by atoms with Gasteiger partial charge in [-0.3, -0.25) is 4.79 Å². The number of hydrogen-bond acceptors (Lipinski definition) is 1. The molecule has 0 spiro atoms. The minimum atomic E-state index is 0.279. The number of carbonyl (C=O) groups excluding carboxylic acids is 1. The highest BCUT2D eigenvalue weighted by molar-refractivity contribution is 5.82. The Hall–Kier alpha value is -1.11. The van der Waals surface area contributed by atoms with Gasteiger partial charge >= 0.3 is 0 Å². The number of hydrogen-bond donors (Lipinski definition) is 0. The van der Waals surface area contributed by atoms with Gasteiger partial charge in [-0.15, -0.1) is 0 Å². The van der Waals surface area contributed by atoms with Gasteiger partial charge in [0.25, 0.3) is 0 Å². The first-order valence-corrected chi connectivity index (χ1v) is 7.92. The second-order valence-electron chi connectivity index (χ2n) is 6.38. The van der Waals surface area contributed by atoms with Crippen molar-refractivity contribution in [3.63, 3.8) is 0 Å². The van der Waals surface area contributed by atoms with Gasteiger partial charge in [0.15, 0.2) is 0 Å². The molecule has 2 aliphatic carbocycles. The zero-order valence-corrected chi connectivity index (χ0v) is 11.7. The Labute approximate surface area is 116 Å². The number of Topliss-reactive ketones (excluding diaryl/α,β-unsaturated/α-hetero) is 1. The highest BCUT2D eigenvalue weighted by Gasteiger charge is 2.27. The summed E-state index contributed by atoms with van der Waals surface area (Å²) in [7, 11) is 0. The molecule has 1 aromatic carbocycles. The third-order valence-corrected chi connectivity index (χ3v) is 5.03. The molecule has 0 aromatic heterocycles. The maximum absolute atomic E-state index is 12.4. The van der Waals surface area contributed by atoms with Crippen molar-refractivity contribution < 1.29 is 4.79 Å². The summed E-state index contributed by atoms with van der Waals surface area (Å²) < 4.78 is 0. The molecule has 0 amide bonds. The third-order valence-electron chi connectivity index (χ3n) is 5.03. The summed E-state index contributed by atoms with van der Waals surface area (Å²) in [4.78, 5) is 12.4. The van der Waals surface area contributed by atoms with E-state index in [9.17, 15) is 4.79 Å². The maximum Gasteiger partial charge on any atom is 0.136 e. The minimum absolute atomic E-state index is 0.279. The molecule has 19 heavy (non-hydrogen) atoms. The van der Waals surface area contributed by atoms with Gasteiger partial charge in [0, 0.05) is 12.3 Å². The highest BCUT2D eigenvalue weighted by atomic mass is 16.1. The van der Waals surface area contributed by atoms with Crippen LogP contribution >= 0.6 is 0 Å². The molecule has 2 aliphatic rings. The molecule has 1 aromatic rings. The van der Waals surface area contributed by atoms with E-state index in [-0.39, 0.29) is 5.92 Å². The fourth-order valence-electron chi connectivity index (χ4n) is 3.81. The molecule has 1 saturated carbocycles. The van der Waals surface area contributed by atoms with E-state index in [1.807, 2.05) is 0 Å². The van der Waals surface area contributed by atoms with Crippen LogP contribution in [0.1, 0.15) is 56.1 Å². The van der Waals surface area contributed by atoms with Crippen LogP contribution < -0.4 is 0 Å². The topological polar surface area (TPSA) is 17.1 Å². The van der Waals surface area contributed by atoms with Crippen LogP contribution in [0.3, 0.4) is 0 Å². The van der Waals surface area contributed by atoms with E-state index in [0.29, 0.717) is 5.78 Å². The Morgan fingerprint density at radius 1 is 1.00 bits per heavy atom. The third kappa shape index (κ3) is 3.08. The van der Waals surface area contributed by atoms with E-state index < -0.39 is 0 Å². The van der Waals surface area contributed by atoms with E-state index in [1.165, 1.54) is 43.2 Å². The second-order valence-corrected chi connectivity index (χ2v) is 6.38. The summed E-state index contributed by atoms with van der Waals surface area (Å²) in [6.45, 7) is 0. The van der Waals surface area contributed by atoms with Crippen LogP contribution in [0.25, 0.3) is 0 Å². The van der Waals surface area contributed by atoms with Crippen molar-refractivity contribution in [3.05, 3.63) is 35.4 Å². The molecule has 1 nitrogen and oxygen atoms in total. The van der Waals surface area contributed by atoms with Crippen molar-refractivity contribution in [2.75, 3.05) is 0 Å². The smallest absolute Gasteiger partial charge is 0.136 e. The Bertz CT molecular complexity index is 418. The van der Waals surface area contributed by atoms with Gasteiger partial charge in [-0.05, 0) is 36.3 Å². The largest absolute Gasteiger partial charge is 0.299 e. The summed E-state index contributed by atoms with van der Waals surface area (Å²) in [6.07, 6.45) is 10.8. The minimum Gasteiger partial charge on any atom is -0.299 e. The Morgan fingerprint density at radius 2 is 1.63 bits per heavy atom. The lowest BCUT2D eigenvalue weighted by Crippen LogP contribution is -2.16. The molecule has 0 radical (unpaired) electrons. The normalized spacial score (nSPS) is 20.4. The molecule has 0 N–H and O–H groups in total. The van der Waals surface area contributed by atoms with Crippen LogP contribution in [0.4, 0.5) is 0 Å². The summed E-state index contributed by atoms with van der Waals surface area (Å²) in [5.74, 6) is 1.63. The molecule has 3 rings (SSSR count). The van der Waals surface area contributed by atoms with Gasteiger partial charge < -0.3 is 0 Å². The summed E-state index contributed by atoms with van der Waals surface area (Å²) in [5.41, 5.74) is 2.80. The summed E-state index contributed by atoms with van der Waals surface area (Å²) >= 11 is 0. The molecule has 0 bridgehead atoms. The predicted molar refractivity (Wildman–Crippen MR) is 78.2 cm³/mol. The number of rotatable bonds is 4. The number of benzene rings is 1. The van der Waals surface area contributed by atoms with Crippen LogP contribution in [0.2, 0.25) is 0 Å². The van der Waals surface area contributed by atoms with Gasteiger partial charge in [-0.1, -0.05) is 56.4 Å². The lowest BCUT2D eigenvalue weighted by Gasteiger charge is -2.21. The Morgan fingerprint density at radius 3 is 2.26 bits per heavy atom. The average Bonchev–Trinajstić information content (AvgIpc) is 2.90. The molecular weight excluding hydrogens is 232 g/mol. The van der Waals surface area contributed by atoms with Crippen LogP contribution in [-0.2, 0) is 17.6 Å². The maximum atomic E-state index is 12.4. The molecule has 0 aliphatic heterocycles. The number of ketones is 1. The predicted octanol–water partition coefficient (Wildman–Crippen LogP) is 4.33. The van der Waals surface area contributed by atoms with Crippen molar-refractivity contribution in [2.45, 2.75) is 57.8 Å². The molecule has 0 heterocycles. The first kappa shape index (κ1) is 12.9. The highest BCUT2D eigenvalue weighted by Crippen LogP contribution is 2.31. The number of fused-ring (bicyclic) bond motifs is 1. The molecule has 0 atom stereocenters. The van der Waals surface area contributed by atoms with E-state index in [2.05, 4.69) is 24.3 Å². The van der Waals surface area contributed by atoms with Gasteiger partial charge in [0.1, 0.15) is 5.78 Å². The lowest BCUT2D eigenvalue weighted by atomic mass is 9.84. The average molecular weight is 256 g/mol. The zero-order valence-electron chi connectivity index (χ0n) is 11.7. The van der Waals surface area contributed by atoms with Crippen LogP contribution in [0, 0.1) is 11.8 Å². The second kappa shape index (κ2) is 5.90. The Kier molecular flexibility index (Phi) is 4.00. The first-order valence-electron chi connectivity index (χ1n) is 7.92. The summed E-state index contributed by atoms with van der Waals surface area (Å²) in [6, 6.07) is 8.55.